The molecular formula is C11H17N3O3. The van der Waals surface area contributed by atoms with Gasteiger partial charge in [-0.3, -0.25) is 4.79 Å². The summed E-state index contributed by atoms with van der Waals surface area (Å²) in [4.78, 5) is 15.9. The van der Waals surface area contributed by atoms with E-state index in [4.69, 9.17) is 9.15 Å². The Bertz CT molecular complexity index is 377. The summed E-state index contributed by atoms with van der Waals surface area (Å²) >= 11 is 0. The van der Waals surface area contributed by atoms with E-state index in [1.54, 1.807) is 0 Å². The van der Waals surface area contributed by atoms with Gasteiger partial charge in [-0.1, -0.05) is 0 Å². The first-order valence-corrected chi connectivity index (χ1v) is 5.68. The summed E-state index contributed by atoms with van der Waals surface area (Å²) in [6, 6.07) is -0.277. The van der Waals surface area contributed by atoms with Crippen LogP contribution in [0.3, 0.4) is 0 Å². The van der Waals surface area contributed by atoms with Gasteiger partial charge in [-0.25, -0.2) is 4.98 Å². The fourth-order valence-electron chi connectivity index (χ4n) is 1.63. The molecule has 1 saturated heterocycles. The molecule has 1 aromatic heterocycles. The molecule has 2 heterocycles. The Labute approximate surface area is 99.7 Å². The van der Waals surface area contributed by atoms with Gasteiger partial charge in [-0.05, 0) is 13.8 Å². The lowest BCUT2D eigenvalue weighted by molar-refractivity contribution is -0.126. The van der Waals surface area contributed by atoms with E-state index in [9.17, 15) is 4.79 Å². The van der Waals surface area contributed by atoms with Crippen molar-refractivity contribution in [2.24, 2.45) is 0 Å². The predicted octanol–water partition coefficient (Wildman–Crippen LogP) is -0.104. The molecule has 0 aliphatic carbocycles. The van der Waals surface area contributed by atoms with Gasteiger partial charge < -0.3 is 19.8 Å². The van der Waals surface area contributed by atoms with E-state index >= 15 is 0 Å². The van der Waals surface area contributed by atoms with Crippen LogP contribution >= 0.6 is 0 Å². The Morgan fingerprint density at radius 3 is 3.00 bits per heavy atom. The van der Waals surface area contributed by atoms with Crippen molar-refractivity contribution >= 4 is 5.91 Å². The van der Waals surface area contributed by atoms with Crippen LogP contribution in [0.2, 0.25) is 0 Å². The second-order valence-electron chi connectivity index (χ2n) is 4.05. The molecule has 6 heteroatoms. The Kier molecular flexibility index (Phi) is 3.75. The summed E-state index contributed by atoms with van der Waals surface area (Å²) in [5, 5.41) is 5.86. The number of nitrogens with zero attached hydrogens (tertiary/aromatic N) is 1. The number of morpholine rings is 1. The van der Waals surface area contributed by atoms with E-state index in [0.717, 1.165) is 11.5 Å². The van der Waals surface area contributed by atoms with Crippen LogP contribution in [0.1, 0.15) is 17.3 Å². The zero-order valence-corrected chi connectivity index (χ0v) is 10.1. The summed E-state index contributed by atoms with van der Waals surface area (Å²) in [7, 11) is 0. The number of oxazole rings is 1. The fourth-order valence-corrected chi connectivity index (χ4v) is 1.63. The van der Waals surface area contributed by atoms with Crippen molar-refractivity contribution in [3.05, 3.63) is 17.3 Å². The van der Waals surface area contributed by atoms with E-state index in [0.29, 0.717) is 32.2 Å². The van der Waals surface area contributed by atoms with Gasteiger partial charge in [0.15, 0.2) is 0 Å². The molecule has 1 unspecified atom stereocenters. The molecule has 0 radical (unpaired) electrons. The maximum Gasteiger partial charge on any atom is 0.239 e. The Morgan fingerprint density at radius 2 is 2.41 bits per heavy atom. The van der Waals surface area contributed by atoms with Crippen molar-refractivity contribution in [3.8, 4) is 0 Å². The Morgan fingerprint density at radius 1 is 1.59 bits per heavy atom. The van der Waals surface area contributed by atoms with Gasteiger partial charge in [-0.2, -0.15) is 0 Å². The van der Waals surface area contributed by atoms with E-state index in [1.165, 1.54) is 0 Å². The fraction of sp³-hybridized carbons (Fsp3) is 0.636. The van der Waals surface area contributed by atoms with Gasteiger partial charge >= 0.3 is 0 Å². The molecule has 94 valence electrons. The normalized spacial score (nSPS) is 20.2. The second-order valence-corrected chi connectivity index (χ2v) is 4.05. The Balaban J connectivity index is 1.83. The number of hydrogen-bond donors (Lipinski definition) is 2. The van der Waals surface area contributed by atoms with Gasteiger partial charge in [0.2, 0.25) is 11.8 Å². The van der Waals surface area contributed by atoms with Crippen LogP contribution in [0.5, 0.6) is 0 Å². The largest absolute Gasteiger partial charge is 0.444 e. The maximum atomic E-state index is 11.7. The predicted molar refractivity (Wildman–Crippen MR) is 60.4 cm³/mol. The standard InChI is InChI=1S/C11H17N3O3/c1-7-8(2)17-10(14-7)5-13-11(15)9-6-16-4-3-12-9/h9,12H,3-6H2,1-2H3,(H,13,15). The monoisotopic (exact) mass is 239 g/mol. The van der Waals surface area contributed by atoms with Gasteiger partial charge in [-0.15, -0.1) is 0 Å². The first kappa shape index (κ1) is 12.1. The molecule has 17 heavy (non-hydrogen) atoms. The molecule has 1 aliphatic heterocycles. The molecule has 0 aromatic carbocycles. The van der Waals surface area contributed by atoms with Crippen LogP contribution in [0, 0.1) is 13.8 Å². The number of carbonyl (C=O) groups excluding carboxylic acids is 1. The van der Waals surface area contributed by atoms with Crippen LogP contribution in [0.15, 0.2) is 4.42 Å². The molecule has 1 aromatic rings. The number of nitrogens with one attached hydrogen (secondary N) is 2. The lowest BCUT2D eigenvalue weighted by Crippen LogP contribution is -2.51. The van der Waals surface area contributed by atoms with Crippen LogP contribution in [0.25, 0.3) is 0 Å². The summed E-state index contributed by atoms with van der Waals surface area (Å²) in [6.07, 6.45) is 0. The first-order chi connectivity index (χ1) is 8.16. The molecule has 2 N–H and O–H groups in total. The van der Waals surface area contributed by atoms with Gasteiger partial charge in [0.1, 0.15) is 11.8 Å². The summed E-state index contributed by atoms with van der Waals surface area (Å²) < 4.78 is 10.6. The molecular weight excluding hydrogens is 222 g/mol. The van der Waals surface area contributed by atoms with Crippen LogP contribution in [0.4, 0.5) is 0 Å². The average molecular weight is 239 g/mol. The molecule has 1 atom stereocenters. The number of amides is 1. The van der Waals surface area contributed by atoms with Crippen molar-refractivity contribution in [3.63, 3.8) is 0 Å². The van der Waals surface area contributed by atoms with E-state index in [-0.39, 0.29) is 11.9 Å². The molecule has 1 fully saturated rings. The zero-order chi connectivity index (χ0) is 12.3. The number of hydrogen-bond acceptors (Lipinski definition) is 5. The SMILES string of the molecule is Cc1nc(CNC(=O)C2COCCN2)oc1C. The van der Waals surface area contributed by atoms with Crippen LogP contribution in [-0.2, 0) is 16.1 Å². The summed E-state index contributed by atoms with van der Waals surface area (Å²) in [5.74, 6) is 1.23. The van der Waals surface area contributed by atoms with Crippen LogP contribution in [-0.4, -0.2) is 36.7 Å². The van der Waals surface area contributed by atoms with Crippen molar-refractivity contribution in [1.82, 2.24) is 15.6 Å². The van der Waals surface area contributed by atoms with Gasteiger partial charge in [0, 0.05) is 6.54 Å². The number of carbonyl (C=O) groups is 1. The van der Waals surface area contributed by atoms with Crippen molar-refractivity contribution < 1.29 is 13.9 Å². The van der Waals surface area contributed by atoms with Crippen LogP contribution < -0.4 is 10.6 Å². The van der Waals surface area contributed by atoms with E-state index in [1.807, 2.05) is 13.8 Å². The van der Waals surface area contributed by atoms with E-state index in [2.05, 4.69) is 15.6 Å². The maximum absolute atomic E-state index is 11.7. The highest BCUT2D eigenvalue weighted by molar-refractivity contribution is 5.81. The highest BCUT2D eigenvalue weighted by atomic mass is 16.5. The summed E-state index contributed by atoms with van der Waals surface area (Å²) in [6.45, 7) is 5.81. The van der Waals surface area contributed by atoms with Crippen molar-refractivity contribution in [1.29, 1.82) is 0 Å². The number of aromatic nitrogens is 1. The second kappa shape index (κ2) is 5.29. The molecule has 1 amide bonds. The molecule has 0 bridgehead atoms. The molecule has 1 aliphatic rings. The quantitative estimate of drug-likeness (QED) is 0.770. The number of rotatable bonds is 3. The molecule has 2 rings (SSSR count). The summed E-state index contributed by atoms with van der Waals surface area (Å²) in [5.41, 5.74) is 0.855. The minimum Gasteiger partial charge on any atom is -0.444 e. The lowest BCUT2D eigenvalue weighted by Gasteiger charge is -2.22. The first-order valence-electron chi connectivity index (χ1n) is 5.68. The smallest absolute Gasteiger partial charge is 0.239 e. The topological polar surface area (TPSA) is 76.4 Å². The minimum atomic E-state index is -0.277. The van der Waals surface area contributed by atoms with Crippen molar-refractivity contribution in [2.75, 3.05) is 19.8 Å². The third kappa shape index (κ3) is 3.04. The number of aryl methyl sites for hydroxylation is 2. The minimum absolute atomic E-state index is 0.0850. The number of ether oxygens (including phenoxy) is 1. The molecule has 0 spiro atoms. The van der Waals surface area contributed by atoms with E-state index < -0.39 is 0 Å². The molecule has 0 saturated carbocycles. The molecule has 6 nitrogen and oxygen atoms in total. The zero-order valence-electron chi connectivity index (χ0n) is 10.1. The highest BCUT2D eigenvalue weighted by Gasteiger charge is 2.21. The average Bonchev–Trinajstić information content (AvgIpc) is 2.67. The third-order valence-corrected chi connectivity index (χ3v) is 2.72. The highest BCUT2D eigenvalue weighted by Crippen LogP contribution is 2.07. The third-order valence-electron chi connectivity index (χ3n) is 2.72. The van der Waals surface area contributed by atoms with Gasteiger partial charge in [0.05, 0.1) is 25.5 Å². The lowest BCUT2D eigenvalue weighted by atomic mass is 10.2. The van der Waals surface area contributed by atoms with Crippen molar-refractivity contribution in [2.45, 2.75) is 26.4 Å². The Hall–Kier alpha value is -1.40. The van der Waals surface area contributed by atoms with Gasteiger partial charge in [0.25, 0.3) is 0 Å².